The first-order chi connectivity index (χ1) is 5.79. The number of cyclic esters (lactones) is 1. The number of esters is 1. The van der Waals surface area contributed by atoms with Crippen LogP contribution in [0.25, 0.3) is 0 Å². The summed E-state index contributed by atoms with van der Waals surface area (Å²) in [5, 5.41) is 0. The van der Waals surface area contributed by atoms with Crippen molar-refractivity contribution in [3.63, 3.8) is 0 Å². The number of hydrogen-bond acceptors (Lipinski definition) is 2. The molecule has 1 aromatic rings. The van der Waals surface area contributed by atoms with E-state index < -0.39 is 0 Å². The van der Waals surface area contributed by atoms with Crippen molar-refractivity contribution in [1.82, 2.24) is 4.57 Å². The second-order valence-corrected chi connectivity index (χ2v) is 2.67. The van der Waals surface area contributed by atoms with Gasteiger partial charge in [0.25, 0.3) is 0 Å². The molecule has 0 amide bonds. The van der Waals surface area contributed by atoms with Crippen molar-refractivity contribution in [3.05, 3.63) is 24.5 Å². The Hall–Kier alpha value is -1.25. The van der Waals surface area contributed by atoms with E-state index >= 15 is 0 Å². The van der Waals surface area contributed by atoms with Gasteiger partial charge in [-0.15, -0.1) is 0 Å². The highest BCUT2D eigenvalue weighted by Crippen LogP contribution is 2.01. The molecule has 1 saturated heterocycles. The normalized spacial score (nSPS) is 14.9. The summed E-state index contributed by atoms with van der Waals surface area (Å²) in [6.45, 7) is 0.638. The van der Waals surface area contributed by atoms with Gasteiger partial charge in [0, 0.05) is 25.9 Å². The van der Waals surface area contributed by atoms with E-state index in [0.29, 0.717) is 13.0 Å². The van der Waals surface area contributed by atoms with Crippen molar-refractivity contribution in [3.8, 4) is 0 Å². The van der Waals surface area contributed by atoms with Crippen LogP contribution in [-0.4, -0.2) is 17.1 Å². The number of aryl methyl sites for hydroxylation is 1. The fourth-order valence-electron chi connectivity index (χ4n) is 0.895. The van der Waals surface area contributed by atoms with E-state index in [0.717, 1.165) is 6.42 Å². The van der Waals surface area contributed by atoms with Gasteiger partial charge in [-0.25, -0.2) is 0 Å². The summed E-state index contributed by atoms with van der Waals surface area (Å²) in [6.07, 6.45) is 5.54. The van der Waals surface area contributed by atoms with Crippen molar-refractivity contribution in [2.45, 2.75) is 12.8 Å². The maximum absolute atomic E-state index is 10.0. The number of nitrogens with zero attached hydrogens (tertiary/aromatic N) is 1. The van der Waals surface area contributed by atoms with Crippen molar-refractivity contribution in [2.24, 2.45) is 7.05 Å². The zero-order valence-electron chi connectivity index (χ0n) is 7.19. The third-order valence-electron chi connectivity index (χ3n) is 1.54. The molecular weight excluding hydrogens is 154 g/mol. The van der Waals surface area contributed by atoms with Crippen LogP contribution in [0.1, 0.15) is 12.8 Å². The Morgan fingerprint density at radius 3 is 2.25 bits per heavy atom. The fraction of sp³-hybridized carbons (Fsp3) is 0.444. The van der Waals surface area contributed by atoms with Crippen LogP contribution < -0.4 is 0 Å². The molecule has 2 heterocycles. The molecule has 2 rings (SSSR count). The first kappa shape index (κ1) is 8.84. The van der Waals surface area contributed by atoms with Gasteiger partial charge in [0.1, 0.15) is 0 Å². The number of carbonyl (C=O) groups is 1. The molecule has 0 saturated carbocycles. The average molecular weight is 167 g/mol. The molecule has 1 fully saturated rings. The molecule has 0 unspecified atom stereocenters. The summed E-state index contributed by atoms with van der Waals surface area (Å²) in [4.78, 5) is 10.0. The molecule has 0 aliphatic carbocycles. The molecule has 1 aromatic heterocycles. The second-order valence-electron chi connectivity index (χ2n) is 2.67. The van der Waals surface area contributed by atoms with Crippen LogP contribution >= 0.6 is 0 Å². The van der Waals surface area contributed by atoms with E-state index in [1.165, 1.54) is 0 Å². The lowest BCUT2D eigenvalue weighted by Gasteiger charge is -1.81. The third kappa shape index (κ3) is 3.23. The average Bonchev–Trinajstić information content (AvgIpc) is 2.63. The van der Waals surface area contributed by atoms with Crippen molar-refractivity contribution in [2.75, 3.05) is 6.61 Å². The Balaban J connectivity index is 0.000000120. The van der Waals surface area contributed by atoms with E-state index in [4.69, 9.17) is 0 Å². The number of aromatic nitrogens is 1. The lowest BCUT2D eigenvalue weighted by atomic mass is 10.4. The Labute approximate surface area is 72.0 Å². The van der Waals surface area contributed by atoms with Crippen LogP contribution in [0.15, 0.2) is 24.5 Å². The van der Waals surface area contributed by atoms with Gasteiger partial charge in [-0.2, -0.15) is 0 Å². The van der Waals surface area contributed by atoms with Crippen LogP contribution in [0, 0.1) is 0 Å². The highest BCUT2D eigenvalue weighted by molar-refractivity contribution is 5.70. The van der Waals surface area contributed by atoms with Gasteiger partial charge >= 0.3 is 5.97 Å². The molecule has 66 valence electrons. The molecule has 3 nitrogen and oxygen atoms in total. The Morgan fingerprint density at radius 2 is 2.08 bits per heavy atom. The Bertz CT molecular complexity index is 221. The molecule has 1 aliphatic rings. The summed E-state index contributed by atoms with van der Waals surface area (Å²) in [7, 11) is 2.00. The highest BCUT2D eigenvalue weighted by atomic mass is 16.5. The van der Waals surface area contributed by atoms with Crippen LogP contribution in [0.5, 0.6) is 0 Å². The number of ether oxygens (including phenoxy) is 1. The van der Waals surface area contributed by atoms with Gasteiger partial charge in [-0.3, -0.25) is 4.79 Å². The van der Waals surface area contributed by atoms with Gasteiger partial charge in [0.05, 0.1) is 6.61 Å². The lowest BCUT2D eigenvalue weighted by Crippen LogP contribution is -1.88. The van der Waals surface area contributed by atoms with Crippen molar-refractivity contribution >= 4 is 5.97 Å². The molecule has 3 heteroatoms. The second kappa shape index (κ2) is 4.59. The number of carbonyl (C=O) groups excluding carboxylic acids is 1. The van der Waals surface area contributed by atoms with Gasteiger partial charge in [0.15, 0.2) is 0 Å². The van der Waals surface area contributed by atoms with Crippen LogP contribution in [0.2, 0.25) is 0 Å². The predicted octanol–water partition coefficient (Wildman–Crippen LogP) is 1.35. The quantitative estimate of drug-likeness (QED) is 0.546. The zero-order valence-corrected chi connectivity index (χ0v) is 7.19. The fourth-order valence-corrected chi connectivity index (χ4v) is 0.895. The van der Waals surface area contributed by atoms with Gasteiger partial charge in [-0.1, -0.05) is 0 Å². The summed E-state index contributed by atoms with van der Waals surface area (Å²) in [5.74, 6) is -0.0463. The summed E-state index contributed by atoms with van der Waals surface area (Å²) in [6, 6.07) is 4.00. The smallest absolute Gasteiger partial charge is 0.305 e. The summed E-state index contributed by atoms with van der Waals surface area (Å²) >= 11 is 0. The van der Waals surface area contributed by atoms with Gasteiger partial charge in [-0.05, 0) is 18.6 Å². The monoisotopic (exact) mass is 167 g/mol. The van der Waals surface area contributed by atoms with Crippen LogP contribution in [0.3, 0.4) is 0 Å². The molecule has 1 aliphatic heterocycles. The van der Waals surface area contributed by atoms with Crippen LogP contribution in [0.4, 0.5) is 0 Å². The van der Waals surface area contributed by atoms with Gasteiger partial charge in [0.2, 0.25) is 0 Å². The molecule has 12 heavy (non-hydrogen) atoms. The molecule has 0 radical (unpaired) electrons. The molecule has 0 bridgehead atoms. The number of rotatable bonds is 0. The Morgan fingerprint density at radius 1 is 1.42 bits per heavy atom. The number of hydrogen-bond donors (Lipinski definition) is 0. The Kier molecular flexibility index (Phi) is 3.38. The van der Waals surface area contributed by atoms with Gasteiger partial charge < -0.3 is 9.30 Å². The zero-order chi connectivity index (χ0) is 8.81. The minimum Gasteiger partial charge on any atom is -0.466 e. The molecule has 0 aromatic carbocycles. The first-order valence-electron chi connectivity index (χ1n) is 4.01. The molecule has 0 atom stereocenters. The summed E-state index contributed by atoms with van der Waals surface area (Å²) < 4.78 is 6.51. The topological polar surface area (TPSA) is 31.2 Å². The minimum atomic E-state index is -0.0463. The largest absolute Gasteiger partial charge is 0.466 e. The lowest BCUT2D eigenvalue weighted by molar-refractivity contribution is -0.137. The predicted molar refractivity (Wildman–Crippen MR) is 45.6 cm³/mol. The van der Waals surface area contributed by atoms with E-state index in [1.807, 2.05) is 36.1 Å². The highest BCUT2D eigenvalue weighted by Gasteiger charge is 2.08. The van der Waals surface area contributed by atoms with E-state index in [-0.39, 0.29) is 5.97 Å². The van der Waals surface area contributed by atoms with Crippen molar-refractivity contribution < 1.29 is 9.53 Å². The standard InChI is InChI=1S/C5H7N.C4H6O2/c1-6-4-2-3-5-6;5-4-2-1-3-6-4/h2-5H,1H3;1-3H2. The molecule has 0 N–H and O–H groups in total. The molecular formula is C9H13NO2. The minimum absolute atomic E-state index is 0.0463. The van der Waals surface area contributed by atoms with Crippen LogP contribution in [-0.2, 0) is 16.6 Å². The molecule has 0 spiro atoms. The SMILES string of the molecule is Cn1cccc1.O=C1CCCO1. The summed E-state index contributed by atoms with van der Waals surface area (Å²) in [5.41, 5.74) is 0. The van der Waals surface area contributed by atoms with Crippen molar-refractivity contribution in [1.29, 1.82) is 0 Å². The van der Waals surface area contributed by atoms with E-state index in [2.05, 4.69) is 4.74 Å². The third-order valence-corrected chi connectivity index (χ3v) is 1.54. The maximum Gasteiger partial charge on any atom is 0.305 e. The van der Waals surface area contributed by atoms with E-state index in [1.54, 1.807) is 0 Å². The maximum atomic E-state index is 10.0. The van der Waals surface area contributed by atoms with E-state index in [9.17, 15) is 4.79 Å². The first-order valence-corrected chi connectivity index (χ1v) is 4.01.